The molecule has 7 nitrogen and oxygen atoms in total. The molecule has 1 aromatic heterocycles. The van der Waals surface area contributed by atoms with E-state index in [1.54, 1.807) is 0 Å². The van der Waals surface area contributed by atoms with Gasteiger partial charge in [0.1, 0.15) is 22.8 Å². The van der Waals surface area contributed by atoms with E-state index in [1.807, 2.05) is 0 Å². The highest BCUT2D eigenvalue weighted by atomic mass is 32.1. The number of amides is 2. The summed E-state index contributed by atoms with van der Waals surface area (Å²) >= 11 is 0.848. The number of carboxylic acids is 1. The molecule has 2 unspecified atom stereocenters. The zero-order valence-electron chi connectivity index (χ0n) is 9.95. The fourth-order valence-electron chi connectivity index (χ4n) is 2.35. The first-order chi connectivity index (χ1) is 9.00. The maximum absolute atomic E-state index is 12.1. The highest BCUT2D eigenvalue weighted by Gasteiger charge is 2.48. The Labute approximate surface area is 111 Å². The molecule has 0 aliphatic carbocycles. The van der Waals surface area contributed by atoms with E-state index in [0.717, 1.165) is 16.4 Å². The predicted octanol–water partition coefficient (Wildman–Crippen LogP) is 0.571. The Morgan fingerprint density at radius 3 is 2.47 bits per heavy atom. The topological polar surface area (TPSA) is 96.8 Å². The number of nitrogens with zero attached hydrogens (tertiary/aromatic N) is 2. The van der Waals surface area contributed by atoms with Crippen LogP contribution in [0.25, 0.3) is 0 Å². The number of carboxylic acid groups (broad SMARTS) is 1. The van der Waals surface area contributed by atoms with E-state index in [4.69, 9.17) is 4.74 Å². The van der Waals surface area contributed by atoms with Crippen molar-refractivity contribution in [3.8, 4) is 0 Å². The molecular weight excluding hydrogens is 272 g/mol. The van der Waals surface area contributed by atoms with E-state index in [9.17, 15) is 19.5 Å². The van der Waals surface area contributed by atoms with Gasteiger partial charge in [0, 0.05) is 0 Å². The molecule has 2 saturated heterocycles. The maximum Gasteiger partial charge on any atom is 0.340 e. The minimum absolute atomic E-state index is 0.0835. The van der Waals surface area contributed by atoms with Crippen LogP contribution in [0.4, 0.5) is 5.00 Å². The number of carbonyl (C=O) groups excluding carboxylic acids is 2. The molecule has 0 aromatic carbocycles. The van der Waals surface area contributed by atoms with Crippen molar-refractivity contribution in [3.63, 3.8) is 0 Å². The second-order valence-corrected chi connectivity index (χ2v) is 5.21. The lowest BCUT2D eigenvalue weighted by atomic mass is 10.2. The van der Waals surface area contributed by atoms with E-state index in [2.05, 4.69) is 4.37 Å². The molecule has 0 radical (unpaired) electrons. The quantitative estimate of drug-likeness (QED) is 0.796. The number of hydrogen-bond donors (Lipinski definition) is 1. The van der Waals surface area contributed by atoms with Crippen LogP contribution < -0.4 is 4.90 Å². The molecule has 2 bridgehead atoms. The number of carbonyl (C=O) groups is 3. The van der Waals surface area contributed by atoms with Gasteiger partial charge < -0.3 is 9.84 Å². The maximum atomic E-state index is 12.1. The van der Waals surface area contributed by atoms with E-state index < -0.39 is 30.0 Å². The van der Waals surface area contributed by atoms with Gasteiger partial charge in [-0.3, -0.25) is 9.59 Å². The van der Waals surface area contributed by atoms with Gasteiger partial charge in [0.15, 0.2) is 0 Å². The number of aromatic carboxylic acids is 1. The largest absolute Gasteiger partial charge is 0.478 e. The summed E-state index contributed by atoms with van der Waals surface area (Å²) in [5, 5.41) is 9.26. The summed E-state index contributed by atoms with van der Waals surface area (Å²) in [6.07, 6.45) is -0.309. The predicted molar refractivity (Wildman–Crippen MR) is 64.2 cm³/mol. The number of anilines is 1. The van der Waals surface area contributed by atoms with Crippen molar-refractivity contribution in [1.29, 1.82) is 0 Å². The van der Waals surface area contributed by atoms with Gasteiger partial charge in [0.2, 0.25) is 0 Å². The third-order valence-electron chi connectivity index (χ3n) is 3.27. The van der Waals surface area contributed by atoms with Gasteiger partial charge in [-0.05, 0) is 31.3 Å². The Morgan fingerprint density at radius 1 is 1.37 bits per heavy atom. The van der Waals surface area contributed by atoms with Crippen LogP contribution in [-0.4, -0.2) is 39.5 Å². The summed E-state index contributed by atoms with van der Waals surface area (Å²) in [5.41, 5.74) is 0.208. The van der Waals surface area contributed by atoms with Crippen LogP contribution in [0.1, 0.15) is 28.9 Å². The van der Waals surface area contributed by atoms with Gasteiger partial charge >= 0.3 is 5.97 Å². The molecule has 2 amide bonds. The number of ether oxygens (including phenoxy) is 1. The summed E-state index contributed by atoms with van der Waals surface area (Å²) in [6, 6.07) is 0. The van der Waals surface area contributed by atoms with Crippen LogP contribution in [0.15, 0.2) is 0 Å². The van der Waals surface area contributed by atoms with Crippen molar-refractivity contribution in [2.24, 2.45) is 0 Å². The lowest BCUT2D eigenvalue weighted by Crippen LogP contribution is -2.52. The van der Waals surface area contributed by atoms with Crippen LogP contribution in [0, 0.1) is 6.92 Å². The van der Waals surface area contributed by atoms with Gasteiger partial charge in [-0.1, -0.05) is 0 Å². The zero-order chi connectivity index (χ0) is 13.7. The summed E-state index contributed by atoms with van der Waals surface area (Å²) in [4.78, 5) is 36.4. The Balaban J connectivity index is 2.09. The first-order valence-electron chi connectivity index (χ1n) is 5.73. The first kappa shape index (κ1) is 12.2. The van der Waals surface area contributed by atoms with E-state index in [1.165, 1.54) is 6.92 Å². The number of aryl methyl sites for hydroxylation is 1. The average Bonchev–Trinajstić information content (AvgIpc) is 2.93. The fraction of sp³-hybridized carbons (Fsp3) is 0.455. The Morgan fingerprint density at radius 2 is 1.95 bits per heavy atom. The molecular formula is C11H10N2O5S. The molecule has 2 atom stereocenters. The second-order valence-electron chi connectivity index (χ2n) is 4.46. The van der Waals surface area contributed by atoms with Gasteiger partial charge in [0.05, 0.1) is 5.69 Å². The van der Waals surface area contributed by atoms with Crippen molar-refractivity contribution < 1.29 is 24.2 Å². The summed E-state index contributed by atoms with van der Waals surface area (Å²) < 4.78 is 9.20. The molecule has 0 saturated carbocycles. The molecule has 2 aliphatic rings. The number of aromatic nitrogens is 1. The van der Waals surface area contributed by atoms with Crippen LogP contribution in [0.3, 0.4) is 0 Å². The molecule has 1 N–H and O–H groups in total. The molecule has 0 spiro atoms. The monoisotopic (exact) mass is 282 g/mol. The summed E-state index contributed by atoms with van der Waals surface area (Å²) in [5.74, 6) is -2.18. The standard InChI is InChI=1S/C11H10N2O5S/c1-4-7(11(16)17)10(19-12-4)13-8(14)5-2-3-6(18-5)9(13)15/h5-6H,2-3H2,1H3,(H,16,17). The van der Waals surface area contributed by atoms with E-state index in [0.29, 0.717) is 18.5 Å². The summed E-state index contributed by atoms with van der Waals surface area (Å²) in [7, 11) is 0. The van der Waals surface area contributed by atoms with Crippen LogP contribution in [0.2, 0.25) is 0 Å². The molecule has 3 rings (SSSR count). The Kier molecular flexibility index (Phi) is 2.64. The highest BCUT2D eigenvalue weighted by Crippen LogP contribution is 2.36. The smallest absolute Gasteiger partial charge is 0.340 e. The lowest BCUT2D eigenvalue weighted by molar-refractivity contribution is -0.146. The van der Waals surface area contributed by atoms with Crippen molar-refractivity contribution in [3.05, 3.63) is 11.3 Å². The Hall–Kier alpha value is -1.80. The number of morpholine rings is 1. The number of imide groups is 1. The third kappa shape index (κ3) is 1.67. The average molecular weight is 282 g/mol. The van der Waals surface area contributed by atoms with Gasteiger partial charge in [0.25, 0.3) is 11.8 Å². The summed E-state index contributed by atoms with van der Waals surface area (Å²) in [6.45, 7) is 1.54. The molecule has 2 aliphatic heterocycles. The zero-order valence-corrected chi connectivity index (χ0v) is 10.8. The number of rotatable bonds is 2. The first-order valence-corrected chi connectivity index (χ1v) is 6.51. The fourth-order valence-corrected chi connectivity index (χ4v) is 3.26. The molecule has 1 aromatic rings. The Bertz CT molecular complexity index is 574. The number of hydrogen-bond acceptors (Lipinski definition) is 6. The minimum Gasteiger partial charge on any atom is -0.478 e. The van der Waals surface area contributed by atoms with Crippen molar-refractivity contribution in [1.82, 2.24) is 4.37 Å². The molecule has 8 heteroatoms. The number of fused-ring (bicyclic) bond motifs is 2. The lowest BCUT2D eigenvalue weighted by Gasteiger charge is -2.28. The van der Waals surface area contributed by atoms with Crippen LogP contribution in [-0.2, 0) is 14.3 Å². The second kappa shape index (κ2) is 4.10. The highest BCUT2D eigenvalue weighted by molar-refractivity contribution is 7.11. The minimum atomic E-state index is -1.19. The van der Waals surface area contributed by atoms with Gasteiger partial charge in [-0.2, -0.15) is 4.37 Å². The molecule has 100 valence electrons. The van der Waals surface area contributed by atoms with Crippen molar-refractivity contribution >= 4 is 34.3 Å². The molecule has 3 heterocycles. The van der Waals surface area contributed by atoms with E-state index in [-0.39, 0.29) is 10.6 Å². The third-order valence-corrected chi connectivity index (χ3v) is 4.20. The van der Waals surface area contributed by atoms with E-state index >= 15 is 0 Å². The van der Waals surface area contributed by atoms with Gasteiger partial charge in [-0.25, -0.2) is 9.69 Å². The van der Waals surface area contributed by atoms with Gasteiger partial charge in [-0.15, -0.1) is 0 Å². The SMILES string of the molecule is Cc1nsc(N2C(=O)C3CCC(O3)C2=O)c1C(=O)O. The van der Waals surface area contributed by atoms with Crippen molar-refractivity contribution in [2.75, 3.05) is 4.90 Å². The van der Waals surface area contributed by atoms with Crippen LogP contribution >= 0.6 is 11.5 Å². The van der Waals surface area contributed by atoms with Crippen LogP contribution in [0.5, 0.6) is 0 Å². The normalized spacial score (nSPS) is 26.1. The molecule has 2 fully saturated rings. The van der Waals surface area contributed by atoms with Crippen molar-refractivity contribution in [2.45, 2.75) is 32.0 Å². The molecule has 19 heavy (non-hydrogen) atoms.